The maximum Gasteiger partial charge on any atom is 0.216 e. The van der Waals surface area contributed by atoms with Crippen LogP contribution in [0.1, 0.15) is 11.1 Å². The topological polar surface area (TPSA) is 91.9 Å². The van der Waals surface area contributed by atoms with Crippen LogP contribution in [0.15, 0.2) is 95.1 Å². The number of H-pyrrole nitrogens is 2. The van der Waals surface area contributed by atoms with E-state index in [9.17, 15) is 0 Å². The van der Waals surface area contributed by atoms with Gasteiger partial charge >= 0.3 is 0 Å². The molecule has 0 aliphatic heterocycles. The first-order valence-electron chi connectivity index (χ1n) is 10.3. The van der Waals surface area contributed by atoms with Crippen LogP contribution in [0.2, 0.25) is 0 Å². The molecule has 0 saturated carbocycles. The summed E-state index contributed by atoms with van der Waals surface area (Å²) in [6, 6.07) is 27.3. The highest BCUT2D eigenvalue weighted by atomic mass is 32.1. The molecule has 0 radical (unpaired) electrons. The summed E-state index contributed by atoms with van der Waals surface area (Å²) in [7, 11) is 0. The quantitative estimate of drug-likeness (QED) is 0.254. The Morgan fingerprint density at radius 1 is 0.588 bits per heavy atom. The molecule has 10 heteroatoms. The Balaban J connectivity index is 1.36. The average Bonchev–Trinajstić information content (AvgIpc) is 3.45. The fourth-order valence-electron chi connectivity index (χ4n) is 3.26. The number of benzene rings is 3. The van der Waals surface area contributed by atoms with Crippen molar-refractivity contribution in [1.29, 1.82) is 0 Å². The molecule has 0 amide bonds. The van der Waals surface area contributed by atoms with Crippen LogP contribution in [0.5, 0.6) is 0 Å². The van der Waals surface area contributed by atoms with E-state index in [-0.39, 0.29) is 0 Å². The standard InChI is InChI=1S/C24H18N8S2/c33-23-29-27-21(19-7-3-1-4-8-19)31(23)25-15-17-11-13-18(14-12-17)16-26-32-22(28-30-24(32)34)20-9-5-2-6-10-20/h1-16H,(H,29,33)(H,30,34)/b25-15+,26-16+. The lowest BCUT2D eigenvalue weighted by molar-refractivity contribution is 0.871. The lowest BCUT2D eigenvalue weighted by atomic mass is 10.2. The number of hydrogen-bond acceptors (Lipinski definition) is 6. The molecule has 0 unspecified atom stereocenters. The van der Waals surface area contributed by atoms with E-state index in [4.69, 9.17) is 24.4 Å². The van der Waals surface area contributed by atoms with Gasteiger partial charge in [0.1, 0.15) is 0 Å². The summed E-state index contributed by atoms with van der Waals surface area (Å²) in [6.07, 6.45) is 3.47. The first-order chi connectivity index (χ1) is 16.7. The number of nitrogens with one attached hydrogen (secondary N) is 2. The maximum atomic E-state index is 5.33. The molecule has 34 heavy (non-hydrogen) atoms. The zero-order chi connectivity index (χ0) is 23.3. The third-order valence-corrected chi connectivity index (χ3v) is 5.47. The summed E-state index contributed by atoms with van der Waals surface area (Å²) in [5.74, 6) is 1.30. The van der Waals surface area contributed by atoms with Gasteiger partial charge in [-0.2, -0.15) is 29.8 Å². The average molecular weight is 483 g/mol. The Labute approximate surface area is 204 Å². The highest BCUT2D eigenvalue weighted by Gasteiger charge is 2.08. The summed E-state index contributed by atoms with van der Waals surface area (Å²) in [5, 5.41) is 23.2. The Hall–Kier alpha value is -4.28. The van der Waals surface area contributed by atoms with Crippen molar-refractivity contribution in [2.75, 3.05) is 0 Å². The first kappa shape index (κ1) is 21.6. The molecule has 5 rings (SSSR count). The van der Waals surface area contributed by atoms with Gasteiger partial charge in [0.2, 0.25) is 9.54 Å². The van der Waals surface area contributed by atoms with Crippen molar-refractivity contribution < 1.29 is 0 Å². The zero-order valence-electron chi connectivity index (χ0n) is 17.7. The van der Waals surface area contributed by atoms with Crippen molar-refractivity contribution in [3.05, 3.63) is 106 Å². The van der Waals surface area contributed by atoms with E-state index < -0.39 is 0 Å². The van der Waals surface area contributed by atoms with Gasteiger partial charge in [-0.15, -0.1) is 0 Å². The second-order valence-corrected chi connectivity index (χ2v) is 7.99. The van der Waals surface area contributed by atoms with Gasteiger partial charge in [0, 0.05) is 11.1 Å². The van der Waals surface area contributed by atoms with Crippen molar-refractivity contribution in [3.8, 4) is 22.8 Å². The van der Waals surface area contributed by atoms with Crippen LogP contribution < -0.4 is 0 Å². The van der Waals surface area contributed by atoms with Gasteiger partial charge < -0.3 is 0 Å². The van der Waals surface area contributed by atoms with E-state index in [1.54, 1.807) is 21.8 Å². The predicted octanol–water partition coefficient (Wildman–Crippen LogP) is 5.29. The van der Waals surface area contributed by atoms with E-state index in [1.165, 1.54) is 0 Å². The Bertz CT molecular complexity index is 1450. The molecule has 2 heterocycles. The minimum atomic E-state index is 0.421. The van der Waals surface area contributed by atoms with E-state index in [0.29, 0.717) is 21.2 Å². The maximum absolute atomic E-state index is 5.33. The van der Waals surface area contributed by atoms with Crippen LogP contribution >= 0.6 is 24.4 Å². The Morgan fingerprint density at radius 3 is 1.35 bits per heavy atom. The van der Waals surface area contributed by atoms with Crippen molar-refractivity contribution in [2.45, 2.75) is 0 Å². The van der Waals surface area contributed by atoms with Crippen molar-refractivity contribution >= 4 is 36.9 Å². The monoisotopic (exact) mass is 482 g/mol. The summed E-state index contributed by atoms with van der Waals surface area (Å²) < 4.78 is 4.05. The molecule has 5 aromatic rings. The van der Waals surface area contributed by atoms with E-state index >= 15 is 0 Å². The number of rotatable bonds is 6. The molecule has 2 aromatic heterocycles. The fraction of sp³-hybridized carbons (Fsp3) is 0. The molecule has 0 spiro atoms. The highest BCUT2D eigenvalue weighted by Crippen LogP contribution is 2.17. The van der Waals surface area contributed by atoms with Crippen molar-refractivity contribution in [3.63, 3.8) is 0 Å². The molecule has 0 aliphatic carbocycles. The normalized spacial score (nSPS) is 11.5. The molecule has 0 bridgehead atoms. The van der Waals surface area contributed by atoms with Gasteiger partial charge in [-0.3, -0.25) is 0 Å². The third kappa shape index (κ3) is 4.58. The van der Waals surface area contributed by atoms with Gasteiger partial charge in [0.25, 0.3) is 0 Å². The van der Waals surface area contributed by atoms with Crippen LogP contribution in [-0.4, -0.2) is 42.2 Å². The van der Waals surface area contributed by atoms with E-state index in [2.05, 4.69) is 30.6 Å². The van der Waals surface area contributed by atoms with Crippen LogP contribution in [-0.2, 0) is 0 Å². The minimum absolute atomic E-state index is 0.421. The van der Waals surface area contributed by atoms with Crippen LogP contribution in [0.25, 0.3) is 22.8 Å². The summed E-state index contributed by atoms with van der Waals surface area (Å²) in [4.78, 5) is 0. The van der Waals surface area contributed by atoms with Crippen LogP contribution in [0, 0.1) is 9.54 Å². The summed E-state index contributed by atoms with van der Waals surface area (Å²) >= 11 is 10.7. The number of aromatic amines is 2. The first-order valence-corrected chi connectivity index (χ1v) is 11.2. The van der Waals surface area contributed by atoms with E-state index in [1.807, 2.05) is 84.9 Å². The lowest BCUT2D eigenvalue weighted by Gasteiger charge is -2.01. The minimum Gasteiger partial charge on any atom is -0.250 e. The Kier molecular flexibility index (Phi) is 6.15. The molecule has 0 saturated heterocycles. The fourth-order valence-corrected chi connectivity index (χ4v) is 3.62. The van der Waals surface area contributed by atoms with Crippen molar-refractivity contribution in [1.82, 2.24) is 29.7 Å². The van der Waals surface area contributed by atoms with Crippen LogP contribution in [0.3, 0.4) is 0 Å². The molecular weight excluding hydrogens is 464 g/mol. The van der Waals surface area contributed by atoms with Gasteiger partial charge in [-0.1, -0.05) is 84.9 Å². The predicted molar refractivity (Wildman–Crippen MR) is 138 cm³/mol. The zero-order valence-corrected chi connectivity index (χ0v) is 19.4. The molecule has 0 atom stereocenters. The Morgan fingerprint density at radius 2 is 0.971 bits per heavy atom. The highest BCUT2D eigenvalue weighted by molar-refractivity contribution is 7.71. The molecule has 8 nitrogen and oxygen atoms in total. The second-order valence-electron chi connectivity index (χ2n) is 7.22. The van der Waals surface area contributed by atoms with E-state index in [0.717, 1.165) is 22.3 Å². The largest absolute Gasteiger partial charge is 0.250 e. The number of hydrogen-bond donors (Lipinski definition) is 2. The molecular formula is C24H18N8S2. The molecule has 3 aromatic carbocycles. The lowest BCUT2D eigenvalue weighted by Crippen LogP contribution is -1.96. The van der Waals surface area contributed by atoms with Gasteiger partial charge in [-0.25, -0.2) is 10.2 Å². The van der Waals surface area contributed by atoms with Crippen LogP contribution in [0.4, 0.5) is 0 Å². The van der Waals surface area contributed by atoms with Gasteiger partial charge in [0.05, 0.1) is 12.4 Å². The van der Waals surface area contributed by atoms with Gasteiger partial charge in [-0.05, 0) is 35.6 Å². The third-order valence-electron chi connectivity index (χ3n) is 4.95. The number of aromatic nitrogens is 6. The summed E-state index contributed by atoms with van der Waals surface area (Å²) in [5.41, 5.74) is 3.66. The molecule has 2 N–H and O–H groups in total. The molecule has 0 aliphatic rings. The molecule has 166 valence electrons. The molecule has 0 fully saturated rings. The number of nitrogens with zero attached hydrogens (tertiary/aromatic N) is 6. The van der Waals surface area contributed by atoms with Crippen molar-refractivity contribution in [2.24, 2.45) is 10.2 Å². The SMILES string of the molecule is S=c1[nH]nc(-c2ccccc2)n1/N=C/c1ccc(/C=N/n2c(-c3ccccc3)n[nH]c2=S)cc1. The van der Waals surface area contributed by atoms with Gasteiger partial charge in [0.15, 0.2) is 11.6 Å². The summed E-state index contributed by atoms with van der Waals surface area (Å²) in [6.45, 7) is 0. The smallest absolute Gasteiger partial charge is 0.216 e. The second kappa shape index (κ2) is 9.69.